The molecule has 2 fully saturated rings. The smallest absolute Gasteiger partial charge is 0.251 e. The van der Waals surface area contributed by atoms with Crippen LogP contribution in [0, 0.1) is 11.6 Å². The van der Waals surface area contributed by atoms with E-state index >= 15 is 0 Å². The number of hydrogen-bond acceptors (Lipinski definition) is 4. The van der Waals surface area contributed by atoms with Gasteiger partial charge in [0.2, 0.25) is 0 Å². The van der Waals surface area contributed by atoms with Crippen LogP contribution in [0.15, 0.2) is 36.5 Å². The fourth-order valence-electron chi connectivity index (χ4n) is 6.13. The zero-order chi connectivity index (χ0) is 25.7. The maximum atomic E-state index is 14.5. The van der Waals surface area contributed by atoms with Gasteiger partial charge in [-0.3, -0.25) is 9.89 Å². The summed E-state index contributed by atoms with van der Waals surface area (Å²) in [6.07, 6.45) is 3.94. The van der Waals surface area contributed by atoms with Crippen molar-refractivity contribution >= 4 is 27.7 Å². The van der Waals surface area contributed by atoms with Crippen molar-refractivity contribution in [2.75, 3.05) is 26.3 Å². The number of aromatic amines is 1. The van der Waals surface area contributed by atoms with Gasteiger partial charge < -0.3 is 19.3 Å². The van der Waals surface area contributed by atoms with Gasteiger partial charge in [0.15, 0.2) is 11.6 Å². The lowest BCUT2D eigenvalue weighted by molar-refractivity contribution is -0.140. The summed E-state index contributed by atoms with van der Waals surface area (Å²) < 4.78 is 36.2. The third-order valence-electron chi connectivity index (χ3n) is 7.95. The summed E-state index contributed by atoms with van der Waals surface area (Å²) in [6.45, 7) is 3.92. The van der Waals surface area contributed by atoms with Crippen LogP contribution in [0.3, 0.4) is 0 Å². The number of nitrogens with zero attached hydrogens (tertiary/aromatic N) is 3. The number of benzene rings is 2. The molecule has 194 valence electrons. The second-order valence-corrected chi connectivity index (χ2v) is 10.2. The highest BCUT2D eigenvalue weighted by Gasteiger charge is 2.34. The largest absolute Gasteiger partial charge is 0.384 e. The first-order valence-corrected chi connectivity index (χ1v) is 12.9. The van der Waals surface area contributed by atoms with Gasteiger partial charge in [-0.2, -0.15) is 5.10 Å². The number of hydrogen-bond donors (Lipinski definition) is 2. The van der Waals surface area contributed by atoms with Gasteiger partial charge in [-0.1, -0.05) is 0 Å². The van der Waals surface area contributed by atoms with Crippen molar-refractivity contribution in [1.82, 2.24) is 19.7 Å². The molecule has 7 nitrogen and oxygen atoms in total. The SMILES string of the molecule is C[C@@H](O)C(=O)N1CCC(c2c(C3CCOCC3)n(-c3ccc(F)c(F)c3)c3cc4cn[nH]c4cc23)CC1. The van der Waals surface area contributed by atoms with Crippen molar-refractivity contribution in [3.63, 3.8) is 0 Å². The van der Waals surface area contributed by atoms with Crippen molar-refractivity contribution < 1.29 is 23.4 Å². The second kappa shape index (κ2) is 9.54. The summed E-state index contributed by atoms with van der Waals surface area (Å²) in [7, 11) is 0. The molecule has 0 bridgehead atoms. The summed E-state index contributed by atoms with van der Waals surface area (Å²) in [4.78, 5) is 14.1. The van der Waals surface area contributed by atoms with E-state index in [4.69, 9.17) is 4.74 Å². The number of aromatic nitrogens is 3. The van der Waals surface area contributed by atoms with E-state index in [-0.39, 0.29) is 17.7 Å². The summed E-state index contributed by atoms with van der Waals surface area (Å²) >= 11 is 0. The highest BCUT2D eigenvalue weighted by atomic mass is 19.2. The first-order chi connectivity index (χ1) is 17.9. The van der Waals surface area contributed by atoms with Crippen molar-refractivity contribution in [3.05, 3.63) is 59.4 Å². The fraction of sp³-hybridized carbons (Fsp3) is 0.429. The Labute approximate surface area is 213 Å². The molecular formula is C28H30F2N4O3. The molecule has 2 aromatic heterocycles. The van der Waals surface area contributed by atoms with Crippen LogP contribution in [-0.4, -0.2) is 63.1 Å². The fourth-order valence-corrected chi connectivity index (χ4v) is 6.13. The van der Waals surface area contributed by atoms with E-state index in [2.05, 4.69) is 26.9 Å². The van der Waals surface area contributed by atoms with Gasteiger partial charge in [0.1, 0.15) is 6.10 Å². The lowest BCUT2D eigenvalue weighted by atomic mass is 9.82. The predicted octanol–water partition coefficient (Wildman–Crippen LogP) is 4.77. The molecule has 37 heavy (non-hydrogen) atoms. The Morgan fingerprint density at radius 3 is 2.54 bits per heavy atom. The van der Waals surface area contributed by atoms with Gasteiger partial charge >= 0.3 is 0 Å². The molecule has 0 radical (unpaired) electrons. The summed E-state index contributed by atoms with van der Waals surface area (Å²) in [5, 5.41) is 19.1. The zero-order valence-corrected chi connectivity index (χ0v) is 20.7. The molecule has 4 aromatic rings. The standard InChI is InChI=1S/C28H30F2N4O3/c1-16(35)28(36)33-8-4-17(5-9-33)26-21-14-24-19(15-31-32-24)12-25(21)34(20-2-3-22(29)23(30)13-20)27(26)18-6-10-37-11-7-18/h2-3,12-18,35H,4-11H2,1H3,(H,31,32)/t16-/m1/s1. The average molecular weight is 509 g/mol. The Kier molecular flexibility index (Phi) is 6.20. The van der Waals surface area contributed by atoms with Crippen LogP contribution in [-0.2, 0) is 9.53 Å². The first-order valence-electron chi connectivity index (χ1n) is 12.9. The van der Waals surface area contributed by atoms with Crippen molar-refractivity contribution in [3.8, 4) is 5.69 Å². The molecule has 9 heteroatoms. The zero-order valence-electron chi connectivity index (χ0n) is 20.7. The molecule has 2 saturated heterocycles. The molecule has 0 saturated carbocycles. The van der Waals surface area contributed by atoms with E-state index < -0.39 is 17.7 Å². The number of ether oxygens (including phenoxy) is 1. The molecule has 2 aliphatic rings. The number of H-pyrrole nitrogens is 1. The Morgan fingerprint density at radius 2 is 1.84 bits per heavy atom. The van der Waals surface area contributed by atoms with Crippen molar-refractivity contribution in [1.29, 1.82) is 0 Å². The molecule has 2 N–H and O–H groups in total. The molecular weight excluding hydrogens is 478 g/mol. The molecule has 4 heterocycles. The van der Waals surface area contributed by atoms with Gasteiger partial charge in [0.05, 0.1) is 17.2 Å². The van der Waals surface area contributed by atoms with Crippen LogP contribution in [0.5, 0.6) is 0 Å². The third kappa shape index (κ3) is 4.20. The molecule has 2 aliphatic heterocycles. The Hall–Kier alpha value is -3.30. The van der Waals surface area contributed by atoms with Crippen molar-refractivity contribution in [2.24, 2.45) is 0 Å². The average Bonchev–Trinajstić information content (AvgIpc) is 3.51. The molecule has 2 aromatic carbocycles. The molecule has 1 amide bonds. The van der Waals surface area contributed by atoms with Crippen LogP contribution in [0.2, 0.25) is 0 Å². The van der Waals surface area contributed by atoms with Gasteiger partial charge in [0.25, 0.3) is 5.91 Å². The minimum absolute atomic E-state index is 0.172. The summed E-state index contributed by atoms with van der Waals surface area (Å²) in [5.41, 5.74) is 4.74. The number of nitrogens with one attached hydrogen (secondary N) is 1. The van der Waals surface area contributed by atoms with Gasteiger partial charge in [-0.15, -0.1) is 0 Å². The quantitative estimate of drug-likeness (QED) is 0.416. The predicted molar refractivity (Wildman–Crippen MR) is 136 cm³/mol. The van der Waals surface area contributed by atoms with Crippen LogP contribution >= 0.6 is 0 Å². The summed E-state index contributed by atoms with van der Waals surface area (Å²) in [6, 6.07) is 8.26. The number of fused-ring (bicyclic) bond motifs is 2. The molecule has 0 unspecified atom stereocenters. The topological polar surface area (TPSA) is 83.4 Å². The normalized spacial score (nSPS) is 18.6. The lowest BCUT2D eigenvalue weighted by Crippen LogP contribution is -2.42. The highest BCUT2D eigenvalue weighted by Crippen LogP contribution is 2.45. The number of amides is 1. The number of aliphatic hydroxyl groups is 1. The lowest BCUT2D eigenvalue weighted by Gasteiger charge is -2.34. The van der Waals surface area contributed by atoms with Crippen LogP contribution < -0.4 is 0 Å². The number of piperidine rings is 1. The minimum Gasteiger partial charge on any atom is -0.384 e. The third-order valence-corrected chi connectivity index (χ3v) is 7.95. The van der Waals surface area contributed by atoms with E-state index in [1.54, 1.807) is 17.2 Å². The van der Waals surface area contributed by atoms with Crippen LogP contribution in [0.1, 0.15) is 55.7 Å². The second-order valence-electron chi connectivity index (χ2n) is 10.2. The highest BCUT2D eigenvalue weighted by molar-refractivity contribution is 5.99. The first kappa shape index (κ1) is 24.1. The van der Waals surface area contributed by atoms with E-state index in [9.17, 15) is 18.7 Å². The number of carbonyl (C=O) groups excluding carboxylic acids is 1. The molecule has 0 aliphatic carbocycles. The van der Waals surface area contributed by atoms with Crippen molar-refractivity contribution in [2.45, 2.75) is 50.5 Å². The number of likely N-dealkylation sites (tertiary alicyclic amines) is 1. The minimum atomic E-state index is -1.02. The monoisotopic (exact) mass is 508 g/mol. The molecule has 0 spiro atoms. The number of rotatable bonds is 4. The summed E-state index contributed by atoms with van der Waals surface area (Å²) in [5.74, 6) is -1.64. The van der Waals surface area contributed by atoms with E-state index in [1.165, 1.54) is 24.6 Å². The van der Waals surface area contributed by atoms with E-state index in [1.807, 2.05) is 0 Å². The maximum Gasteiger partial charge on any atom is 0.251 e. The van der Waals surface area contributed by atoms with Gasteiger partial charge in [-0.05, 0) is 68.4 Å². The Bertz CT molecular complexity index is 1460. The van der Waals surface area contributed by atoms with Crippen LogP contribution in [0.25, 0.3) is 27.5 Å². The van der Waals surface area contributed by atoms with Gasteiger partial charge in [-0.25, -0.2) is 8.78 Å². The number of carbonyl (C=O) groups is 1. The number of aliphatic hydroxyl groups excluding tert-OH is 1. The molecule has 6 rings (SSSR count). The van der Waals surface area contributed by atoms with E-state index in [0.717, 1.165) is 53.2 Å². The van der Waals surface area contributed by atoms with Crippen LogP contribution in [0.4, 0.5) is 8.78 Å². The number of halogens is 2. The maximum absolute atomic E-state index is 14.5. The Balaban J connectivity index is 1.56. The van der Waals surface area contributed by atoms with Gasteiger partial charge in [0, 0.05) is 60.4 Å². The van der Waals surface area contributed by atoms with E-state index in [0.29, 0.717) is 32.0 Å². The Morgan fingerprint density at radius 1 is 1.08 bits per heavy atom. The molecule has 1 atom stereocenters.